The van der Waals surface area contributed by atoms with Crippen LogP contribution in [0.2, 0.25) is 0 Å². The quantitative estimate of drug-likeness (QED) is 0.569. The van der Waals surface area contributed by atoms with Crippen molar-refractivity contribution >= 4 is 23.2 Å². The SMILES string of the molecule is O=C(NCC(c1cccnc1)N1CCN(c2ccccc2F)CC1)C(=O)Nc1ccccc1. The van der Waals surface area contributed by atoms with E-state index in [2.05, 4.69) is 20.5 Å². The molecule has 1 unspecified atom stereocenters. The minimum absolute atomic E-state index is 0.157. The van der Waals surface area contributed by atoms with Gasteiger partial charge in [-0.15, -0.1) is 0 Å². The summed E-state index contributed by atoms with van der Waals surface area (Å²) >= 11 is 0. The van der Waals surface area contributed by atoms with E-state index in [1.54, 1.807) is 48.8 Å². The highest BCUT2D eigenvalue weighted by atomic mass is 19.1. The Kier molecular flexibility index (Phi) is 7.26. The van der Waals surface area contributed by atoms with Gasteiger partial charge in [0, 0.05) is 50.8 Å². The Bertz CT molecular complexity index is 1070. The standard InChI is InChI=1S/C25H26FN5O2/c26-21-10-4-5-11-22(21)30-13-15-31(16-14-30)23(19-7-6-12-27-17-19)18-28-24(32)25(33)29-20-8-2-1-3-9-20/h1-12,17,23H,13-16,18H2,(H,28,32)(H,29,33). The summed E-state index contributed by atoms with van der Waals surface area (Å²) in [5, 5.41) is 5.35. The molecule has 2 heterocycles. The maximum absolute atomic E-state index is 14.2. The van der Waals surface area contributed by atoms with Gasteiger partial charge in [-0.05, 0) is 35.9 Å². The summed E-state index contributed by atoms with van der Waals surface area (Å²) < 4.78 is 14.2. The van der Waals surface area contributed by atoms with Crippen molar-refractivity contribution in [2.24, 2.45) is 0 Å². The minimum Gasteiger partial charge on any atom is -0.367 e. The molecule has 1 saturated heterocycles. The van der Waals surface area contributed by atoms with Gasteiger partial charge in [-0.25, -0.2) is 4.39 Å². The van der Waals surface area contributed by atoms with Crippen LogP contribution in [0.25, 0.3) is 0 Å². The van der Waals surface area contributed by atoms with E-state index in [-0.39, 0.29) is 18.4 Å². The Morgan fingerprint density at radius 2 is 1.64 bits per heavy atom. The van der Waals surface area contributed by atoms with Crippen LogP contribution >= 0.6 is 0 Å². The third-order valence-corrected chi connectivity index (χ3v) is 5.71. The maximum Gasteiger partial charge on any atom is 0.313 e. The molecule has 1 fully saturated rings. The summed E-state index contributed by atoms with van der Waals surface area (Å²) in [5.74, 6) is -1.64. The zero-order chi connectivity index (χ0) is 23.0. The lowest BCUT2D eigenvalue weighted by atomic mass is 10.1. The molecule has 4 rings (SSSR count). The van der Waals surface area contributed by atoms with Gasteiger partial charge in [0.25, 0.3) is 0 Å². The van der Waals surface area contributed by atoms with E-state index in [4.69, 9.17) is 0 Å². The topological polar surface area (TPSA) is 77.6 Å². The lowest BCUT2D eigenvalue weighted by molar-refractivity contribution is -0.136. The molecule has 2 N–H and O–H groups in total. The van der Waals surface area contributed by atoms with Crippen LogP contribution in [0.5, 0.6) is 0 Å². The van der Waals surface area contributed by atoms with Crippen LogP contribution in [-0.4, -0.2) is 54.4 Å². The van der Waals surface area contributed by atoms with Crippen LogP contribution in [0.15, 0.2) is 79.1 Å². The van der Waals surface area contributed by atoms with Crippen LogP contribution in [0.3, 0.4) is 0 Å². The second kappa shape index (κ2) is 10.7. The fourth-order valence-corrected chi connectivity index (χ4v) is 3.99. The first-order valence-electron chi connectivity index (χ1n) is 10.9. The molecule has 8 heteroatoms. The molecule has 1 aromatic heterocycles. The van der Waals surface area contributed by atoms with Crippen LogP contribution in [0, 0.1) is 5.82 Å². The lowest BCUT2D eigenvalue weighted by Crippen LogP contribution is -2.50. The van der Waals surface area contributed by atoms with Crippen LogP contribution in [-0.2, 0) is 9.59 Å². The molecule has 0 spiro atoms. The summed E-state index contributed by atoms with van der Waals surface area (Å²) in [6, 6.07) is 19.3. The minimum atomic E-state index is -0.712. The summed E-state index contributed by atoms with van der Waals surface area (Å²) in [4.78, 5) is 33.2. The molecule has 0 radical (unpaired) electrons. The molecule has 0 bridgehead atoms. The molecule has 170 valence electrons. The lowest BCUT2D eigenvalue weighted by Gasteiger charge is -2.40. The Labute approximate surface area is 192 Å². The van der Waals surface area contributed by atoms with Gasteiger partial charge >= 0.3 is 11.8 Å². The van der Waals surface area contributed by atoms with E-state index in [0.29, 0.717) is 37.6 Å². The number of benzene rings is 2. The van der Waals surface area contributed by atoms with Crippen molar-refractivity contribution in [1.82, 2.24) is 15.2 Å². The van der Waals surface area contributed by atoms with Crippen molar-refractivity contribution in [2.75, 3.05) is 42.9 Å². The number of anilines is 2. The Balaban J connectivity index is 1.39. The number of para-hydroxylation sites is 2. The molecular weight excluding hydrogens is 421 g/mol. The monoisotopic (exact) mass is 447 g/mol. The van der Waals surface area contributed by atoms with Crippen molar-refractivity contribution in [3.63, 3.8) is 0 Å². The van der Waals surface area contributed by atoms with E-state index in [9.17, 15) is 14.0 Å². The Morgan fingerprint density at radius 1 is 0.909 bits per heavy atom. The fourth-order valence-electron chi connectivity index (χ4n) is 3.99. The second-order valence-corrected chi connectivity index (χ2v) is 7.81. The number of hydrogen-bond donors (Lipinski definition) is 2. The van der Waals surface area contributed by atoms with E-state index in [1.807, 2.05) is 29.2 Å². The number of rotatable bonds is 6. The van der Waals surface area contributed by atoms with Crippen LogP contribution in [0.4, 0.5) is 15.8 Å². The fraction of sp³-hybridized carbons (Fsp3) is 0.240. The number of aromatic nitrogens is 1. The second-order valence-electron chi connectivity index (χ2n) is 7.81. The van der Waals surface area contributed by atoms with Gasteiger partial charge in [-0.1, -0.05) is 36.4 Å². The Morgan fingerprint density at radius 3 is 2.33 bits per heavy atom. The van der Waals surface area contributed by atoms with Crippen molar-refractivity contribution in [3.05, 3.63) is 90.5 Å². The van der Waals surface area contributed by atoms with Crippen molar-refractivity contribution in [2.45, 2.75) is 6.04 Å². The predicted molar refractivity (Wildman–Crippen MR) is 125 cm³/mol. The van der Waals surface area contributed by atoms with Gasteiger partial charge in [-0.3, -0.25) is 19.5 Å². The molecule has 1 aliphatic heterocycles. The number of carbonyl (C=O) groups excluding carboxylic acids is 2. The third-order valence-electron chi connectivity index (χ3n) is 5.71. The number of nitrogens with zero attached hydrogens (tertiary/aromatic N) is 3. The average Bonchev–Trinajstić information content (AvgIpc) is 2.86. The normalized spacial score (nSPS) is 15.0. The number of pyridine rings is 1. The van der Waals surface area contributed by atoms with Crippen molar-refractivity contribution in [3.8, 4) is 0 Å². The van der Waals surface area contributed by atoms with Crippen LogP contribution in [0.1, 0.15) is 11.6 Å². The third kappa shape index (κ3) is 5.72. The zero-order valence-electron chi connectivity index (χ0n) is 18.2. The van der Waals surface area contributed by atoms with Gasteiger partial charge in [0.2, 0.25) is 0 Å². The van der Waals surface area contributed by atoms with Gasteiger partial charge in [0.15, 0.2) is 0 Å². The van der Waals surface area contributed by atoms with E-state index in [0.717, 1.165) is 5.56 Å². The summed E-state index contributed by atoms with van der Waals surface area (Å²) in [6.45, 7) is 2.92. The van der Waals surface area contributed by atoms with E-state index in [1.165, 1.54) is 6.07 Å². The number of piperazine rings is 1. The van der Waals surface area contributed by atoms with Gasteiger partial charge < -0.3 is 15.5 Å². The zero-order valence-corrected chi connectivity index (χ0v) is 18.2. The highest BCUT2D eigenvalue weighted by Crippen LogP contribution is 2.25. The molecule has 2 aromatic carbocycles. The van der Waals surface area contributed by atoms with Crippen molar-refractivity contribution < 1.29 is 14.0 Å². The number of amides is 2. The number of halogens is 1. The smallest absolute Gasteiger partial charge is 0.313 e. The molecule has 7 nitrogen and oxygen atoms in total. The van der Waals surface area contributed by atoms with E-state index < -0.39 is 11.8 Å². The Hall–Kier alpha value is -3.78. The summed E-state index contributed by atoms with van der Waals surface area (Å²) in [6.07, 6.45) is 3.46. The maximum atomic E-state index is 14.2. The molecule has 1 atom stereocenters. The molecule has 3 aromatic rings. The van der Waals surface area contributed by atoms with E-state index >= 15 is 0 Å². The summed E-state index contributed by atoms with van der Waals surface area (Å²) in [7, 11) is 0. The average molecular weight is 448 g/mol. The molecule has 0 aliphatic carbocycles. The largest absolute Gasteiger partial charge is 0.367 e. The number of carbonyl (C=O) groups is 2. The highest BCUT2D eigenvalue weighted by molar-refractivity contribution is 6.39. The number of nitrogens with one attached hydrogen (secondary N) is 2. The first-order chi connectivity index (χ1) is 16.1. The first kappa shape index (κ1) is 22.4. The molecule has 0 saturated carbocycles. The number of hydrogen-bond acceptors (Lipinski definition) is 5. The molecule has 33 heavy (non-hydrogen) atoms. The van der Waals surface area contributed by atoms with Gasteiger partial charge in [0.05, 0.1) is 11.7 Å². The first-order valence-corrected chi connectivity index (χ1v) is 10.9. The van der Waals surface area contributed by atoms with Gasteiger partial charge in [0.1, 0.15) is 5.82 Å². The summed E-state index contributed by atoms with van der Waals surface area (Å²) in [5.41, 5.74) is 2.10. The molecule has 2 amide bonds. The highest BCUT2D eigenvalue weighted by Gasteiger charge is 2.27. The molecule has 1 aliphatic rings. The van der Waals surface area contributed by atoms with Gasteiger partial charge in [-0.2, -0.15) is 0 Å². The molecular formula is C25H26FN5O2. The predicted octanol–water partition coefficient (Wildman–Crippen LogP) is 2.84. The van der Waals surface area contributed by atoms with Crippen molar-refractivity contribution in [1.29, 1.82) is 0 Å². The van der Waals surface area contributed by atoms with Crippen LogP contribution < -0.4 is 15.5 Å².